The molecule has 78 valence electrons. The first kappa shape index (κ1) is 10.7. The van der Waals surface area contributed by atoms with Crippen LogP contribution in [0.15, 0.2) is 12.5 Å². The van der Waals surface area contributed by atoms with Gasteiger partial charge in [-0.05, 0) is 0 Å². The van der Waals surface area contributed by atoms with Crippen molar-refractivity contribution in [2.24, 2.45) is 0 Å². The largest absolute Gasteiger partial charge is 0.389 e. The molecule has 1 atom stereocenters. The summed E-state index contributed by atoms with van der Waals surface area (Å²) in [6.45, 7) is 0.356. The van der Waals surface area contributed by atoms with Crippen LogP contribution in [0.4, 0.5) is 0 Å². The molecular weight excluding hydrogens is 186 g/mol. The second-order valence-electron chi connectivity index (χ2n) is 2.78. The molecule has 6 heteroatoms. The van der Waals surface area contributed by atoms with Crippen molar-refractivity contribution in [2.45, 2.75) is 6.10 Å². The molecule has 0 saturated carbocycles. The molecule has 1 aromatic heterocycles. The van der Waals surface area contributed by atoms with Gasteiger partial charge in [0.25, 0.3) is 5.91 Å². The standard InChI is InChI=1S/C8H13N3O3/c1-14-4-6(12)2-10-8(13)7-3-9-5-11-7/h3,5-6,12H,2,4H2,1H3,(H,9,11)(H,10,13). The summed E-state index contributed by atoms with van der Waals surface area (Å²) in [6.07, 6.45) is 2.14. The molecule has 0 aromatic carbocycles. The molecule has 0 radical (unpaired) electrons. The van der Waals surface area contributed by atoms with Crippen molar-refractivity contribution in [3.63, 3.8) is 0 Å². The minimum absolute atomic E-state index is 0.158. The Kier molecular flexibility index (Phi) is 4.09. The zero-order chi connectivity index (χ0) is 10.4. The first-order valence-electron chi connectivity index (χ1n) is 4.17. The zero-order valence-corrected chi connectivity index (χ0v) is 7.86. The Bertz CT molecular complexity index is 273. The summed E-state index contributed by atoms with van der Waals surface area (Å²) in [5, 5.41) is 11.8. The predicted octanol–water partition coefficient (Wildman–Crippen LogP) is -0.853. The number of nitrogens with one attached hydrogen (secondary N) is 2. The van der Waals surface area contributed by atoms with Crippen LogP contribution in [0.3, 0.4) is 0 Å². The fraction of sp³-hybridized carbons (Fsp3) is 0.500. The van der Waals surface area contributed by atoms with E-state index in [1.54, 1.807) is 0 Å². The summed E-state index contributed by atoms with van der Waals surface area (Å²) in [5.41, 5.74) is 0.370. The highest BCUT2D eigenvalue weighted by Gasteiger charge is 2.09. The number of hydrogen-bond acceptors (Lipinski definition) is 4. The molecule has 0 aliphatic rings. The number of imidazole rings is 1. The third-order valence-corrected chi connectivity index (χ3v) is 1.60. The number of aliphatic hydroxyl groups excluding tert-OH is 1. The van der Waals surface area contributed by atoms with E-state index in [9.17, 15) is 9.90 Å². The molecule has 0 aliphatic heterocycles. The molecule has 14 heavy (non-hydrogen) atoms. The highest BCUT2D eigenvalue weighted by Crippen LogP contribution is 1.90. The van der Waals surface area contributed by atoms with E-state index in [2.05, 4.69) is 15.3 Å². The van der Waals surface area contributed by atoms with E-state index in [0.29, 0.717) is 5.69 Å². The third-order valence-electron chi connectivity index (χ3n) is 1.60. The molecule has 1 rings (SSSR count). The lowest BCUT2D eigenvalue weighted by molar-refractivity contribution is 0.0608. The average molecular weight is 199 g/mol. The molecule has 1 amide bonds. The minimum Gasteiger partial charge on any atom is -0.389 e. The van der Waals surface area contributed by atoms with Crippen LogP contribution in [0.25, 0.3) is 0 Å². The van der Waals surface area contributed by atoms with E-state index < -0.39 is 6.10 Å². The van der Waals surface area contributed by atoms with Crippen molar-refractivity contribution in [3.8, 4) is 0 Å². The molecule has 0 spiro atoms. The summed E-state index contributed by atoms with van der Waals surface area (Å²) in [5.74, 6) is -0.294. The number of aliphatic hydroxyl groups is 1. The maximum Gasteiger partial charge on any atom is 0.269 e. The van der Waals surface area contributed by atoms with Crippen LogP contribution >= 0.6 is 0 Å². The van der Waals surface area contributed by atoms with Crippen molar-refractivity contribution in [1.29, 1.82) is 0 Å². The van der Waals surface area contributed by atoms with Gasteiger partial charge in [-0.1, -0.05) is 0 Å². The van der Waals surface area contributed by atoms with Crippen molar-refractivity contribution < 1.29 is 14.6 Å². The van der Waals surface area contributed by atoms with E-state index in [4.69, 9.17) is 4.74 Å². The van der Waals surface area contributed by atoms with Crippen LogP contribution in [0, 0.1) is 0 Å². The number of hydrogen-bond donors (Lipinski definition) is 3. The van der Waals surface area contributed by atoms with Crippen LogP contribution in [-0.2, 0) is 4.74 Å². The number of aromatic amines is 1. The maximum absolute atomic E-state index is 11.3. The van der Waals surface area contributed by atoms with E-state index in [1.165, 1.54) is 19.6 Å². The fourth-order valence-electron chi connectivity index (χ4n) is 0.937. The Labute approximate surface area is 81.3 Å². The van der Waals surface area contributed by atoms with Gasteiger partial charge in [0.2, 0.25) is 0 Å². The molecule has 1 unspecified atom stereocenters. The van der Waals surface area contributed by atoms with Crippen molar-refractivity contribution in [3.05, 3.63) is 18.2 Å². The summed E-state index contributed by atoms with van der Waals surface area (Å²) < 4.78 is 4.71. The van der Waals surface area contributed by atoms with Gasteiger partial charge in [0.05, 0.1) is 25.2 Å². The number of rotatable bonds is 5. The SMILES string of the molecule is COCC(O)CNC(=O)c1cnc[nH]1. The van der Waals surface area contributed by atoms with Crippen molar-refractivity contribution in [1.82, 2.24) is 15.3 Å². The monoisotopic (exact) mass is 199 g/mol. The predicted molar refractivity (Wildman–Crippen MR) is 48.8 cm³/mol. The van der Waals surface area contributed by atoms with Gasteiger partial charge in [-0.2, -0.15) is 0 Å². The average Bonchev–Trinajstić information content (AvgIpc) is 2.67. The van der Waals surface area contributed by atoms with E-state index in [1.807, 2.05) is 0 Å². The van der Waals surface area contributed by atoms with Gasteiger partial charge in [0.1, 0.15) is 5.69 Å². The van der Waals surface area contributed by atoms with Crippen LogP contribution in [0.5, 0.6) is 0 Å². The fourth-order valence-corrected chi connectivity index (χ4v) is 0.937. The van der Waals surface area contributed by atoms with Gasteiger partial charge in [-0.3, -0.25) is 4.79 Å². The van der Waals surface area contributed by atoms with Gasteiger partial charge in [0, 0.05) is 13.7 Å². The lowest BCUT2D eigenvalue weighted by Gasteiger charge is -2.09. The summed E-state index contributed by atoms with van der Waals surface area (Å²) in [6, 6.07) is 0. The number of carbonyl (C=O) groups excluding carboxylic acids is 1. The van der Waals surface area contributed by atoms with Crippen molar-refractivity contribution >= 4 is 5.91 Å². The summed E-state index contributed by atoms with van der Waals surface area (Å²) in [7, 11) is 1.49. The zero-order valence-electron chi connectivity index (χ0n) is 7.86. The van der Waals surface area contributed by atoms with E-state index in [0.717, 1.165) is 0 Å². The van der Waals surface area contributed by atoms with Gasteiger partial charge in [-0.15, -0.1) is 0 Å². The Balaban J connectivity index is 2.28. The molecule has 0 aliphatic carbocycles. The molecular formula is C8H13N3O3. The topological polar surface area (TPSA) is 87.2 Å². The van der Waals surface area contributed by atoms with Gasteiger partial charge < -0.3 is 20.1 Å². The second-order valence-corrected chi connectivity index (χ2v) is 2.78. The Morgan fingerprint density at radius 2 is 2.64 bits per heavy atom. The Morgan fingerprint density at radius 1 is 1.86 bits per heavy atom. The lowest BCUT2D eigenvalue weighted by Crippen LogP contribution is -2.34. The van der Waals surface area contributed by atoms with E-state index in [-0.39, 0.29) is 19.1 Å². The summed E-state index contributed by atoms with van der Waals surface area (Å²) >= 11 is 0. The van der Waals surface area contributed by atoms with Gasteiger partial charge >= 0.3 is 0 Å². The number of ether oxygens (including phenoxy) is 1. The third kappa shape index (κ3) is 3.15. The first-order chi connectivity index (χ1) is 6.74. The molecule has 0 saturated heterocycles. The summed E-state index contributed by atoms with van der Waals surface area (Å²) in [4.78, 5) is 17.6. The maximum atomic E-state index is 11.3. The number of amides is 1. The smallest absolute Gasteiger partial charge is 0.269 e. The van der Waals surface area contributed by atoms with Crippen molar-refractivity contribution in [2.75, 3.05) is 20.3 Å². The molecule has 1 aromatic rings. The Morgan fingerprint density at radius 3 is 3.21 bits per heavy atom. The van der Waals surface area contributed by atoms with Crippen LogP contribution in [0.1, 0.15) is 10.5 Å². The van der Waals surface area contributed by atoms with Crippen LogP contribution < -0.4 is 5.32 Å². The van der Waals surface area contributed by atoms with Crippen LogP contribution in [0.2, 0.25) is 0 Å². The quantitative estimate of drug-likeness (QED) is 0.576. The number of nitrogens with zero attached hydrogens (tertiary/aromatic N) is 1. The van der Waals surface area contributed by atoms with Gasteiger partial charge in [-0.25, -0.2) is 4.98 Å². The number of H-pyrrole nitrogens is 1. The molecule has 1 heterocycles. The lowest BCUT2D eigenvalue weighted by atomic mass is 10.3. The normalized spacial score (nSPS) is 12.4. The second kappa shape index (κ2) is 5.36. The highest BCUT2D eigenvalue weighted by molar-refractivity contribution is 5.91. The number of aromatic nitrogens is 2. The molecule has 6 nitrogen and oxygen atoms in total. The van der Waals surface area contributed by atoms with E-state index >= 15 is 0 Å². The highest BCUT2D eigenvalue weighted by atomic mass is 16.5. The first-order valence-corrected chi connectivity index (χ1v) is 4.17. The Hall–Kier alpha value is -1.40. The number of methoxy groups -OCH3 is 1. The molecule has 3 N–H and O–H groups in total. The molecule has 0 fully saturated rings. The number of carbonyl (C=O) groups is 1. The molecule has 0 bridgehead atoms. The van der Waals surface area contributed by atoms with Gasteiger partial charge in [0.15, 0.2) is 0 Å². The minimum atomic E-state index is -0.688. The van der Waals surface area contributed by atoms with Crippen LogP contribution in [-0.4, -0.2) is 47.3 Å².